The molecule has 0 aromatic rings. The highest BCUT2D eigenvalue weighted by molar-refractivity contribution is 5.97. The van der Waals surface area contributed by atoms with Gasteiger partial charge in [-0.2, -0.15) is 0 Å². The Labute approximate surface area is 96.1 Å². The second-order valence-electron chi connectivity index (χ2n) is 4.60. The maximum Gasteiger partial charge on any atom is 0.248 e. The fourth-order valence-electron chi connectivity index (χ4n) is 1.81. The van der Waals surface area contributed by atoms with Gasteiger partial charge in [0, 0.05) is 20.3 Å². The molecule has 1 rings (SSSR count). The molecule has 2 amide bonds. The first-order valence-electron chi connectivity index (χ1n) is 5.56. The lowest BCUT2D eigenvalue weighted by Crippen LogP contribution is -2.63. The zero-order valence-electron chi connectivity index (χ0n) is 10.2. The van der Waals surface area contributed by atoms with E-state index in [0.29, 0.717) is 13.2 Å². The van der Waals surface area contributed by atoms with Gasteiger partial charge in [0.1, 0.15) is 5.54 Å². The first kappa shape index (κ1) is 13.0. The predicted octanol–water partition coefficient (Wildman–Crippen LogP) is 0.150. The Morgan fingerprint density at radius 1 is 1.38 bits per heavy atom. The van der Waals surface area contributed by atoms with Gasteiger partial charge >= 0.3 is 0 Å². The van der Waals surface area contributed by atoms with Crippen LogP contribution in [-0.4, -0.2) is 49.1 Å². The van der Waals surface area contributed by atoms with Crippen molar-refractivity contribution in [2.24, 2.45) is 0 Å². The van der Waals surface area contributed by atoms with Crippen molar-refractivity contribution in [3.8, 4) is 0 Å². The lowest BCUT2D eigenvalue weighted by Gasteiger charge is -2.37. The van der Waals surface area contributed by atoms with Crippen LogP contribution in [-0.2, 0) is 14.3 Å². The molecule has 92 valence electrons. The maximum absolute atomic E-state index is 11.9. The number of nitrogens with zero attached hydrogens (tertiary/aromatic N) is 1. The third-order valence-electron chi connectivity index (χ3n) is 2.63. The van der Waals surface area contributed by atoms with E-state index in [-0.39, 0.29) is 18.4 Å². The summed E-state index contributed by atoms with van der Waals surface area (Å²) < 4.78 is 4.94. The van der Waals surface area contributed by atoms with Gasteiger partial charge in [-0.15, -0.1) is 0 Å². The Morgan fingerprint density at radius 2 is 2.06 bits per heavy atom. The molecule has 5 nitrogen and oxygen atoms in total. The third kappa shape index (κ3) is 3.20. The highest BCUT2D eigenvalue weighted by atomic mass is 16.5. The first-order chi connectivity index (χ1) is 7.47. The van der Waals surface area contributed by atoms with Crippen LogP contribution in [0.25, 0.3) is 0 Å². The molecular weight excluding hydrogens is 208 g/mol. The first-order valence-corrected chi connectivity index (χ1v) is 5.56. The summed E-state index contributed by atoms with van der Waals surface area (Å²) in [7, 11) is 1.66. The molecule has 1 heterocycles. The van der Waals surface area contributed by atoms with Gasteiger partial charge in [0.2, 0.25) is 11.8 Å². The van der Waals surface area contributed by atoms with E-state index in [4.69, 9.17) is 4.74 Å². The molecule has 1 aliphatic heterocycles. The van der Waals surface area contributed by atoms with E-state index in [0.717, 1.165) is 12.8 Å². The van der Waals surface area contributed by atoms with E-state index in [1.165, 1.54) is 0 Å². The Bertz CT molecular complexity index is 276. The predicted molar refractivity (Wildman–Crippen MR) is 59.9 cm³/mol. The molecule has 16 heavy (non-hydrogen) atoms. The number of nitrogens with one attached hydrogen (secondary N) is 1. The van der Waals surface area contributed by atoms with E-state index in [1.54, 1.807) is 25.9 Å². The summed E-state index contributed by atoms with van der Waals surface area (Å²) >= 11 is 0. The van der Waals surface area contributed by atoms with Crippen molar-refractivity contribution < 1.29 is 14.3 Å². The maximum atomic E-state index is 11.9. The topological polar surface area (TPSA) is 58.6 Å². The summed E-state index contributed by atoms with van der Waals surface area (Å²) in [6.45, 7) is 4.95. The van der Waals surface area contributed by atoms with E-state index >= 15 is 0 Å². The molecule has 0 aromatic heterocycles. The van der Waals surface area contributed by atoms with Crippen LogP contribution < -0.4 is 5.32 Å². The van der Waals surface area contributed by atoms with Crippen LogP contribution in [0.4, 0.5) is 0 Å². The molecule has 1 fully saturated rings. The number of carbonyl (C=O) groups is 2. The zero-order valence-corrected chi connectivity index (χ0v) is 10.2. The summed E-state index contributed by atoms with van der Waals surface area (Å²) in [6, 6.07) is 0. The fourth-order valence-corrected chi connectivity index (χ4v) is 1.81. The second-order valence-corrected chi connectivity index (χ2v) is 4.60. The van der Waals surface area contributed by atoms with Gasteiger partial charge in [0.25, 0.3) is 0 Å². The molecule has 0 bridgehead atoms. The Kier molecular flexibility index (Phi) is 4.29. The van der Waals surface area contributed by atoms with Gasteiger partial charge in [0.15, 0.2) is 0 Å². The number of rotatable bonds is 5. The van der Waals surface area contributed by atoms with Crippen molar-refractivity contribution >= 4 is 11.8 Å². The van der Waals surface area contributed by atoms with E-state index in [9.17, 15) is 9.59 Å². The van der Waals surface area contributed by atoms with E-state index in [2.05, 4.69) is 5.32 Å². The monoisotopic (exact) mass is 228 g/mol. The average Bonchev–Trinajstić information content (AvgIpc) is 2.19. The van der Waals surface area contributed by atoms with Gasteiger partial charge in [0.05, 0.1) is 6.54 Å². The second kappa shape index (κ2) is 5.30. The molecule has 0 unspecified atom stereocenters. The minimum atomic E-state index is -0.767. The zero-order chi connectivity index (χ0) is 12.2. The van der Waals surface area contributed by atoms with Crippen LogP contribution in [0.3, 0.4) is 0 Å². The summed E-state index contributed by atoms with van der Waals surface area (Å²) in [4.78, 5) is 24.9. The number of hydrogen-bond acceptors (Lipinski definition) is 3. The number of piperazine rings is 1. The third-order valence-corrected chi connectivity index (χ3v) is 2.63. The normalized spacial score (nSPS) is 19.8. The van der Waals surface area contributed by atoms with Crippen LogP contribution >= 0.6 is 0 Å². The molecule has 0 aromatic carbocycles. The standard InChI is InChI=1S/C11H20N2O3/c1-11(2)10(15)13(8-9(14)12-11)6-4-5-7-16-3/h4-8H2,1-3H3,(H,12,14). The highest BCUT2D eigenvalue weighted by Gasteiger charge is 2.38. The Balaban J connectivity index is 2.45. The lowest BCUT2D eigenvalue weighted by molar-refractivity contribution is -0.148. The van der Waals surface area contributed by atoms with Gasteiger partial charge in [-0.05, 0) is 26.7 Å². The van der Waals surface area contributed by atoms with Crippen molar-refractivity contribution in [2.75, 3.05) is 26.8 Å². The number of ether oxygens (including phenoxy) is 1. The molecule has 0 aliphatic carbocycles. The highest BCUT2D eigenvalue weighted by Crippen LogP contribution is 2.13. The van der Waals surface area contributed by atoms with Gasteiger partial charge < -0.3 is 15.0 Å². The van der Waals surface area contributed by atoms with Crippen molar-refractivity contribution in [1.29, 1.82) is 0 Å². The van der Waals surface area contributed by atoms with Gasteiger partial charge in [-0.1, -0.05) is 0 Å². The SMILES string of the molecule is COCCCCN1CC(=O)NC(C)(C)C1=O. The van der Waals surface area contributed by atoms with E-state index in [1.807, 2.05) is 0 Å². The minimum Gasteiger partial charge on any atom is -0.385 e. The van der Waals surface area contributed by atoms with Crippen LogP contribution in [0.2, 0.25) is 0 Å². The number of unbranched alkanes of at least 4 members (excludes halogenated alkanes) is 1. The van der Waals surface area contributed by atoms with Crippen LogP contribution in [0.15, 0.2) is 0 Å². The van der Waals surface area contributed by atoms with Crippen LogP contribution in [0, 0.1) is 0 Å². The van der Waals surface area contributed by atoms with Gasteiger partial charge in [-0.3, -0.25) is 9.59 Å². The molecular formula is C11H20N2O3. The molecule has 1 aliphatic rings. The van der Waals surface area contributed by atoms with Crippen LogP contribution in [0.5, 0.6) is 0 Å². The Hall–Kier alpha value is -1.10. The molecule has 0 atom stereocenters. The van der Waals surface area contributed by atoms with Crippen LogP contribution in [0.1, 0.15) is 26.7 Å². The number of amides is 2. The van der Waals surface area contributed by atoms with Crippen molar-refractivity contribution in [3.05, 3.63) is 0 Å². The summed E-state index contributed by atoms with van der Waals surface area (Å²) in [6.07, 6.45) is 1.77. The molecule has 5 heteroatoms. The number of hydrogen-bond donors (Lipinski definition) is 1. The van der Waals surface area contributed by atoms with Gasteiger partial charge in [-0.25, -0.2) is 0 Å². The van der Waals surface area contributed by atoms with E-state index < -0.39 is 5.54 Å². The molecule has 1 saturated heterocycles. The Morgan fingerprint density at radius 3 is 2.69 bits per heavy atom. The average molecular weight is 228 g/mol. The fraction of sp³-hybridized carbons (Fsp3) is 0.818. The quantitative estimate of drug-likeness (QED) is 0.681. The van der Waals surface area contributed by atoms with Crippen molar-refractivity contribution in [1.82, 2.24) is 10.2 Å². The largest absolute Gasteiger partial charge is 0.385 e. The molecule has 0 spiro atoms. The van der Waals surface area contributed by atoms with Crippen molar-refractivity contribution in [2.45, 2.75) is 32.2 Å². The molecule has 0 saturated carbocycles. The van der Waals surface area contributed by atoms with Crippen molar-refractivity contribution in [3.63, 3.8) is 0 Å². The summed E-state index contributed by atoms with van der Waals surface area (Å²) in [5, 5.41) is 2.68. The lowest BCUT2D eigenvalue weighted by atomic mass is 10.0. The molecule has 0 radical (unpaired) electrons. The minimum absolute atomic E-state index is 0.00971. The summed E-state index contributed by atoms with van der Waals surface area (Å²) in [5.74, 6) is -0.0964. The smallest absolute Gasteiger partial charge is 0.248 e. The number of carbonyl (C=O) groups excluding carboxylic acids is 2. The molecule has 1 N–H and O–H groups in total. The summed E-state index contributed by atoms with van der Waals surface area (Å²) in [5.41, 5.74) is -0.767. The number of methoxy groups -OCH3 is 1.